The van der Waals surface area contributed by atoms with Crippen molar-refractivity contribution >= 4 is 28.6 Å². The predicted molar refractivity (Wildman–Crippen MR) is 89.8 cm³/mol. The summed E-state index contributed by atoms with van der Waals surface area (Å²) in [6, 6.07) is 5.19. The molecule has 1 aliphatic heterocycles. The normalized spacial score (nSPS) is 14.2. The van der Waals surface area contributed by atoms with Gasteiger partial charge in [0.05, 0.1) is 18.2 Å². The fourth-order valence-corrected chi connectivity index (χ4v) is 2.86. The summed E-state index contributed by atoms with van der Waals surface area (Å²) in [7, 11) is 1.35. The lowest BCUT2D eigenvalue weighted by atomic mass is 10.1. The summed E-state index contributed by atoms with van der Waals surface area (Å²) >= 11 is 0. The van der Waals surface area contributed by atoms with E-state index in [0.717, 1.165) is 36.8 Å². The molecular formula is C17H20N4O3. The van der Waals surface area contributed by atoms with E-state index in [-0.39, 0.29) is 11.9 Å². The third kappa shape index (κ3) is 3.45. The molecule has 2 aromatic rings. The number of hydrogen-bond donors (Lipinski definition) is 1. The van der Waals surface area contributed by atoms with E-state index in [2.05, 4.69) is 15.3 Å². The van der Waals surface area contributed by atoms with Crippen LogP contribution in [0.2, 0.25) is 0 Å². The number of fused-ring (bicyclic) bond motifs is 1. The monoisotopic (exact) mass is 328 g/mol. The first-order valence-electron chi connectivity index (χ1n) is 8.04. The van der Waals surface area contributed by atoms with Gasteiger partial charge in [0.1, 0.15) is 12.1 Å². The number of hydrogen-bond acceptors (Lipinski definition) is 6. The van der Waals surface area contributed by atoms with Crippen molar-refractivity contribution in [2.75, 3.05) is 32.1 Å². The Morgan fingerprint density at radius 3 is 3.00 bits per heavy atom. The average molecular weight is 328 g/mol. The van der Waals surface area contributed by atoms with Crippen LogP contribution in [0.4, 0.5) is 5.82 Å². The molecule has 0 radical (unpaired) electrons. The van der Waals surface area contributed by atoms with Gasteiger partial charge in [0.25, 0.3) is 0 Å². The maximum absolute atomic E-state index is 11.7. The van der Waals surface area contributed by atoms with Crippen molar-refractivity contribution in [3.8, 4) is 0 Å². The van der Waals surface area contributed by atoms with Crippen LogP contribution in [0.25, 0.3) is 10.9 Å². The number of rotatable bonds is 6. The number of carbonyl (C=O) groups excluding carboxylic acids is 2. The zero-order valence-corrected chi connectivity index (χ0v) is 13.6. The van der Waals surface area contributed by atoms with Gasteiger partial charge in [-0.15, -0.1) is 0 Å². The minimum Gasteiger partial charge on any atom is -0.465 e. The molecule has 7 heteroatoms. The van der Waals surface area contributed by atoms with E-state index in [9.17, 15) is 9.59 Å². The molecule has 1 amide bonds. The molecule has 1 N–H and O–H groups in total. The summed E-state index contributed by atoms with van der Waals surface area (Å²) in [5.74, 6) is 0.531. The van der Waals surface area contributed by atoms with Crippen molar-refractivity contribution in [2.24, 2.45) is 0 Å². The molecule has 1 saturated heterocycles. The fraction of sp³-hybridized carbons (Fsp3) is 0.412. The molecule has 24 heavy (non-hydrogen) atoms. The number of likely N-dealkylation sites (tertiary alicyclic amines) is 1. The molecule has 0 bridgehead atoms. The minimum absolute atomic E-state index is 0.241. The predicted octanol–water partition coefficient (Wildman–Crippen LogP) is 1.84. The average Bonchev–Trinajstić information content (AvgIpc) is 3.02. The van der Waals surface area contributed by atoms with Crippen LogP contribution in [-0.2, 0) is 9.53 Å². The summed E-state index contributed by atoms with van der Waals surface area (Å²) < 4.78 is 4.75. The van der Waals surface area contributed by atoms with Crippen LogP contribution in [0.15, 0.2) is 24.5 Å². The zero-order chi connectivity index (χ0) is 16.9. The molecule has 1 fully saturated rings. The third-order valence-corrected chi connectivity index (χ3v) is 4.13. The standard InChI is InChI=1S/C17H20N4O3/c1-24-17(23)12-5-6-14-13(10-12)16(20-11-19-14)18-7-3-9-21-8-2-4-15(21)22/h5-6,10-11H,2-4,7-9H2,1H3,(H,18,19,20). The Bertz CT molecular complexity index is 763. The van der Waals surface area contributed by atoms with E-state index >= 15 is 0 Å². The van der Waals surface area contributed by atoms with Gasteiger partial charge < -0.3 is 15.0 Å². The molecule has 0 atom stereocenters. The molecule has 0 unspecified atom stereocenters. The Morgan fingerprint density at radius 1 is 1.38 bits per heavy atom. The van der Waals surface area contributed by atoms with Gasteiger partial charge in [0, 0.05) is 31.4 Å². The number of anilines is 1. The Kier molecular flexibility index (Phi) is 4.88. The number of methoxy groups -OCH3 is 1. The smallest absolute Gasteiger partial charge is 0.337 e. The quantitative estimate of drug-likeness (QED) is 0.643. The Hall–Kier alpha value is -2.70. The van der Waals surface area contributed by atoms with Gasteiger partial charge in [-0.1, -0.05) is 0 Å². The van der Waals surface area contributed by atoms with Gasteiger partial charge in [-0.2, -0.15) is 0 Å². The van der Waals surface area contributed by atoms with Crippen molar-refractivity contribution < 1.29 is 14.3 Å². The van der Waals surface area contributed by atoms with Crippen molar-refractivity contribution in [1.82, 2.24) is 14.9 Å². The van der Waals surface area contributed by atoms with E-state index in [4.69, 9.17) is 4.74 Å². The van der Waals surface area contributed by atoms with Gasteiger partial charge >= 0.3 is 5.97 Å². The second kappa shape index (κ2) is 7.25. The summed E-state index contributed by atoms with van der Waals surface area (Å²) in [6.45, 7) is 2.30. The van der Waals surface area contributed by atoms with Crippen LogP contribution in [0.5, 0.6) is 0 Å². The molecule has 126 valence electrons. The largest absolute Gasteiger partial charge is 0.465 e. The molecule has 1 aromatic heterocycles. The number of carbonyl (C=O) groups is 2. The molecule has 0 spiro atoms. The number of amides is 1. The second-order valence-electron chi connectivity index (χ2n) is 5.71. The SMILES string of the molecule is COC(=O)c1ccc2ncnc(NCCCN3CCCC3=O)c2c1. The van der Waals surface area contributed by atoms with Crippen LogP contribution in [0.3, 0.4) is 0 Å². The highest BCUT2D eigenvalue weighted by atomic mass is 16.5. The van der Waals surface area contributed by atoms with Gasteiger partial charge in [-0.25, -0.2) is 14.8 Å². The first-order chi connectivity index (χ1) is 11.7. The molecule has 3 rings (SSSR count). The van der Waals surface area contributed by atoms with Crippen LogP contribution in [0, 0.1) is 0 Å². The van der Waals surface area contributed by atoms with Gasteiger partial charge in [-0.3, -0.25) is 4.79 Å². The Balaban J connectivity index is 1.67. The van der Waals surface area contributed by atoms with Gasteiger partial charge in [-0.05, 0) is 31.0 Å². The number of nitrogens with zero attached hydrogens (tertiary/aromatic N) is 3. The summed E-state index contributed by atoms with van der Waals surface area (Å²) in [5.41, 5.74) is 1.22. The Morgan fingerprint density at radius 2 is 2.25 bits per heavy atom. The van der Waals surface area contributed by atoms with E-state index < -0.39 is 0 Å². The summed E-state index contributed by atoms with van der Waals surface area (Å²) in [6.07, 6.45) is 3.96. The van der Waals surface area contributed by atoms with Crippen molar-refractivity contribution in [2.45, 2.75) is 19.3 Å². The van der Waals surface area contributed by atoms with Gasteiger partial charge in [0.2, 0.25) is 5.91 Å². The molecule has 0 saturated carbocycles. The van der Waals surface area contributed by atoms with E-state index in [1.165, 1.54) is 13.4 Å². The van der Waals surface area contributed by atoms with E-state index in [1.807, 2.05) is 4.90 Å². The highest BCUT2D eigenvalue weighted by Gasteiger charge is 2.19. The number of nitrogens with one attached hydrogen (secondary N) is 1. The first kappa shape index (κ1) is 16.2. The molecule has 1 aliphatic rings. The van der Waals surface area contributed by atoms with Crippen LogP contribution in [0.1, 0.15) is 29.6 Å². The highest BCUT2D eigenvalue weighted by Crippen LogP contribution is 2.21. The first-order valence-corrected chi connectivity index (χ1v) is 8.04. The third-order valence-electron chi connectivity index (χ3n) is 4.13. The molecule has 0 aliphatic carbocycles. The van der Waals surface area contributed by atoms with Crippen LogP contribution < -0.4 is 5.32 Å². The summed E-state index contributed by atoms with van der Waals surface area (Å²) in [4.78, 5) is 33.6. The number of esters is 1. The highest BCUT2D eigenvalue weighted by molar-refractivity contribution is 5.97. The van der Waals surface area contributed by atoms with Crippen molar-refractivity contribution in [3.05, 3.63) is 30.1 Å². The maximum Gasteiger partial charge on any atom is 0.337 e. The lowest BCUT2D eigenvalue weighted by Gasteiger charge is -2.15. The molecule has 2 heterocycles. The van der Waals surface area contributed by atoms with Crippen LogP contribution in [-0.4, -0.2) is 53.5 Å². The molecule has 7 nitrogen and oxygen atoms in total. The molecular weight excluding hydrogens is 308 g/mol. The maximum atomic E-state index is 11.7. The molecule has 1 aromatic carbocycles. The Labute approximate surface area is 140 Å². The zero-order valence-electron chi connectivity index (χ0n) is 13.6. The summed E-state index contributed by atoms with van der Waals surface area (Å²) in [5, 5.41) is 4.05. The lowest BCUT2D eigenvalue weighted by Crippen LogP contribution is -2.27. The topological polar surface area (TPSA) is 84.4 Å². The second-order valence-corrected chi connectivity index (χ2v) is 5.71. The number of aromatic nitrogens is 2. The van der Waals surface area contributed by atoms with Crippen LogP contribution >= 0.6 is 0 Å². The number of ether oxygens (including phenoxy) is 1. The van der Waals surface area contributed by atoms with E-state index in [1.54, 1.807) is 18.2 Å². The van der Waals surface area contributed by atoms with Crippen molar-refractivity contribution in [1.29, 1.82) is 0 Å². The van der Waals surface area contributed by atoms with Crippen molar-refractivity contribution in [3.63, 3.8) is 0 Å². The van der Waals surface area contributed by atoms with Gasteiger partial charge in [0.15, 0.2) is 0 Å². The fourth-order valence-electron chi connectivity index (χ4n) is 2.86. The lowest BCUT2D eigenvalue weighted by molar-refractivity contribution is -0.127. The number of benzene rings is 1. The van der Waals surface area contributed by atoms with E-state index in [0.29, 0.717) is 24.3 Å². The minimum atomic E-state index is -0.390.